The lowest BCUT2D eigenvalue weighted by Crippen LogP contribution is -2.07. The molecule has 0 aliphatic heterocycles. The van der Waals surface area contributed by atoms with Gasteiger partial charge in [0.1, 0.15) is 10.7 Å². The van der Waals surface area contributed by atoms with Gasteiger partial charge in [-0.25, -0.2) is 12.8 Å². The fourth-order valence-electron chi connectivity index (χ4n) is 1.63. The zero-order valence-corrected chi connectivity index (χ0v) is 11.3. The van der Waals surface area contributed by atoms with Crippen LogP contribution in [0.3, 0.4) is 0 Å². The van der Waals surface area contributed by atoms with Crippen LogP contribution < -0.4 is 5.73 Å². The Morgan fingerprint density at radius 3 is 2.47 bits per heavy atom. The molecule has 0 fully saturated rings. The number of halogens is 2. The molecule has 0 saturated carbocycles. The van der Waals surface area contributed by atoms with E-state index in [0.717, 1.165) is 6.26 Å². The highest BCUT2D eigenvalue weighted by Crippen LogP contribution is 2.30. The minimum absolute atomic E-state index is 0.0422. The van der Waals surface area contributed by atoms with Gasteiger partial charge in [0.05, 0.1) is 5.02 Å². The summed E-state index contributed by atoms with van der Waals surface area (Å²) in [5, 5.41) is -0.0774. The van der Waals surface area contributed by atoms with Crippen molar-refractivity contribution in [2.45, 2.75) is 24.2 Å². The predicted molar refractivity (Wildman–Crippen MR) is 66.6 cm³/mol. The molecular weight excluding hydrogens is 265 g/mol. The van der Waals surface area contributed by atoms with Crippen molar-refractivity contribution < 1.29 is 12.8 Å². The van der Waals surface area contributed by atoms with Crippen LogP contribution in [-0.2, 0) is 9.84 Å². The van der Waals surface area contributed by atoms with Crippen molar-refractivity contribution in [2.24, 2.45) is 5.73 Å². The van der Waals surface area contributed by atoms with E-state index in [1.54, 1.807) is 0 Å². The van der Waals surface area contributed by atoms with Crippen molar-refractivity contribution in [1.82, 2.24) is 0 Å². The normalized spacial score (nSPS) is 13.7. The molecule has 0 spiro atoms. The van der Waals surface area contributed by atoms with Gasteiger partial charge in [0, 0.05) is 6.26 Å². The summed E-state index contributed by atoms with van der Waals surface area (Å²) in [5.74, 6) is -0.764. The molecule has 0 aromatic heterocycles. The smallest absolute Gasteiger partial charge is 0.179 e. The molecule has 0 amide bonds. The van der Waals surface area contributed by atoms with Crippen LogP contribution in [0.25, 0.3) is 0 Å². The molecular formula is C11H15ClFNO2S. The Hall–Kier alpha value is -0.650. The molecule has 96 valence electrons. The summed E-state index contributed by atoms with van der Waals surface area (Å²) in [6.07, 6.45) is 1.62. The molecule has 3 nitrogen and oxygen atoms in total. The van der Waals surface area contributed by atoms with Gasteiger partial charge in [-0.2, -0.15) is 0 Å². The first-order valence-electron chi connectivity index (χ1n) is 5.16. The van der Waals surface area contributed by atoms with Crippen molar-refractivity contribution in [3.63, 3.8) is 0 Å². The van der Waals surface area contributed by atoms with Crippen LogP contribution >= 0.6 is 11.6 Å². The van der Waals surface area contributed by atoms with Crippen molar-refractivity contribution in [1.29, 1.82) is 0 Å². The van der Waals surface area contributed by atoms with Crippen molar-refractivity contribution in [3.05, 3.63) is 28.5 Å². The van der Waals surface area contributed by atoms with Crippen LogP contribution in [0.1, 0.15) is 24.8 Å². The van der Waals surface area contributed by atoms with Gasteiger partial charge < -0.3 is 5.73 Å². The van der Waals surface area contributed by atoms with E-state index in [1.165, 1.54) is 12.1 Å². The number of nitrogens with two attached hydrogens (primary N) is 1. The van der Waals surface area contributed by atoms with Gasteiger partial charge in [0.25, 0.3) is 0 Å². The van der Waals surface area contributed by atoms with Gasteiger partial charge in [-0.05, 0) is 36.6 Å². The molecule has 6 heteroatoms. The second kappa shape index (κ2) is 5.33. The van der Waals surface area contributed by atoms with E-state index in [1.807, 2.05) is 6.92 Å². The van der Waals surface area contributed by atoms with Crippen LogP contribution in [0.2, 0.25) is 5.02 Å². The van der Waals surface area contributed by atoms with Crippen LogP contribution in [0, 0.1) is 5.82 Å². The van der Waals surface area contributed by atoms with E-state index in [0.29, 0.717) is 18.5 Å². The van der Waals surface area contributed by atoms with E-state index in [4.69, 9.17) is 17.3 Å². The highest BCUT2D eigenvalue weighted by Gasteiger charge is 2.20. The summed E-state index contributed by atoms with van der Waals surface area (Å²) in [6, 6.07) is 2.70. The van der Waals surface area contributed by atoms with Crippen LogP contribution in [0.4, 0.5) is 4.39 Å². The summed E-state index contributed by atoms with van der Waals surface area (Å²) in [7, 11) is -3.65. The molecule has 0 aliphatic carbocycles. The fraction of sp³-hybridized carbons (Fsp3) is 0.455. The average molecular weight is 280 g/mol. The summed E-state index contributed by atoms with van der Waals surface area (Å²) >= 11 is 5.81. The first-order chi connectivity index (χ1) is 7.77. The van der Waals surface area contributed by atoms with Crippen molar-refractivity contribution in [2.75, 3.05) is 12.8 Å². The lowest BCUT2D eigenvalue weighted by molar-refractivity contribution is 0.566. The summed E-state index contributed by atoms with van der Waals surface area (Å²) < 4.78 is 36.4. The number of sulfone groups is 1. The standard InChI is InChI=1S/C11H15ClFNO2S/c1-7(3-4-14)8-5-9(12)11(10(13)6-8)17(2,15)16/h5-7H,3-4,14H2,1-2H3. The Morgan fingerprint density at radius 1 is 1.47 bits per heavy atom. The topological polar surface area (TPSA) is 60.2 Å². The van der Waals surface area contributed by atoms with Crippen LogP contribution in [0.15, 0.2) is 17.0 Å². The van der Waals surface area contributed by atoms with Gasteiger partial charge in [-0.3, -0.25) is 0 Å². The second-order valence-corrected chi connectivity index (χ2v) is 6.42. The van der Waals surface area contributed by atoms with Crippen molar-refractivity contribution in [3.8, 4) is 0 Å². The summed E-state index contributed by atoms with van der Waals surface area (Å²) in [6.45, 7) is 2.37. The molecule has 0 heterocycles. The number of hydrogen-bond donors (Lipinski definition) is 1. The van der Waals surface area contributed by atoms with Crippen molar-refractivity contribution >= 4 is 21.4 Å². The molecule has 0 bridgehead atoms. The molecule has 1 aromatic rings. The number of rotatable bonds is 4. The Morgan fingerprint density at radius 2 is 2.06 bits per heavy atom. The zero-order chi connectivity index (χ0) is 13.2. The Labute approximate surface area is 106 Å². The molecule has 1 rings (SSSR count). The molecule has 1 aromatic carbocycles. The fourth-order valence-corrected chi connectivity index (χ4v) is 3.10. The highest BCUT2D eigenvalue weighted by atomic mass is 35.5. The maximum atomic E-state index is 13.7. The minimum atomic E-state index is -3.65. The van der Waals surface area contributed by atoms with E-state index in [9.17, 15) is 12.8 Å². The van der Waals surface area contributed by atoms with Crippen LogP contribution in [-0.4, -0.2) is 21.2 Å². The maximum absolute atomic E-state index is 13.7. The van der Waals surface area contributed by atoms with E-state index >= 15 is 0 Å². The van der Waals surface area contributed by atoms with E-state index < -0.39 is 20.5 Å². The Balaban J connectivity index is 3.28. The van der Waals surface area contributed by atoms with Gasteiger partial charge in [0.2, 0.25) is 0 Å². The largest absolute Gasteiger partial charge is 0.330 e. The summed E-state index contributed by atoms with van der Waals surface area (Å²) in [4.78, 5) is -0.442. The first-order valence-corrected chi connectivity index (χ1v) is 7.43. The first kappa shape index (κ1) is 14.4. The van der Waals surface area contributed by atoms with E-state index in [2.05, 4.69) is 0 Å². The molecule has 17 heavy (non-hydrogen) atoms. The molecule has 0 aliphatic rings. The molecule has 1 atom stereocenters. The molecule has 0 radical (unpaired) electrons. The van der Waals surface area contributed by atoms with Crippen LogP contribution in [0.5, 0.6) is 0 Å². The minimum Gasteiger partial charge on any atom is -0.330 e. The lowest BCUT2D eigenvalue weighted by Gasteiger charge is -2.13. The van der Waals surface area contributed by atoms with Gasteiger partial charge in [-0.1, -0.05) is 18.5 Å². The third kappa shape index (κ3) is 3.40. The maximum Gasteiger partial charge on any atom is 0.179 e. The van der Waals surface area contributed by atoms with Gasteiger partial charge >= 0.3 is 0 Å². The van der Waals surface area contributed by atoms with E-state index in [-0.39, 0.29) is 10.9 Å². The lowest BCUT2D eigenvalue weighted by atomic mass is 9.98. The Kier molecular flexibility index (Phi) is 4.52. The molecule has 2 N–H and O–H groups in total. The third-order valence-electron chi connectivity index (χ3n) is 2.56. The van der Waals surface area contributed by atoms with Gasteiger partial charge in [0.15, 0.2) is 9.84 Å². The quantitative estimate of drug-likeness (QED) is 0.920. The summed E-state index contributed by atoms with van der Waals surface area (Å²) in [5.41, 5.74) is 6.08. The van der Waals surface area contributed by atoms with Gasteiger partial charge in [-0.15, -0.1) is 0 Å². The zero-order valence-electron chi connectivity index (χ0n) is 9.70. The predicted octanol–water partition coefficient (Wildman–Crippen LogP) is 2.33. The number of hydrogen-bond acceptors (Lipinski definition) is 3. The second-order valence-electron chi connectivity index (χ2n) is 4.06. The number of benzene rings is 1. The average Bonchev–Trinajstić information content (AvgIpc) is 2.14. The highest BCUT2D eigenvalue weighted by molar-refractivity contribution is 7.90. The Bertz CT molecular complexity index is 493. The molecule has 0 saturated heterocycles. The molecule has 1 unspecified atom stereocenters. The third-order valence-corrected chi connectivity index (χ3v) is 4.13. The SMILES string of the molecule is CC(CCN)c1cc(F)c(S(C)(=O)=O)c(Cl)c1. The monoisotopic (exact) mass is 279 g/mol.